The van der Waals surface area contributed by atoms with Crippen LogP contribution in [0.1, 0.15) is 45.7 Å². The maximum absolute atomic E-state index is 12.0. The van der Waals surface area contributed by atoms with E-state index in [1.54, 1.807) is 12.1 Å². The Bertz CT molecular complexity index is 892. The van der Waals surface area contributed by atoms with Gasteiger partial charge in [0.25, 0.3) is 5.91 Å². The molecule has 142 valence electrons. The SMILES string of the molecule is Cc1noc(C)c1CN1Cc2ccnn2C(CCNC(=O)c2ccco2)C1. The summed E-state index contributed by atoms with van der Waals surface area (Å²) in [6, 6.07) is 5.61. The molecule has 1 unspecified atom stereocenters. The summed E-state index contributed by atoms with van der Waals surface area (Å²) in [7, 11) is 0. The van der Waals surface area contributed by atoms with Crippen LogP contribution < -0.4 is 5.32 Å². The smallest absolute Gasteiger partial charge is 0.286 e. The molecule has 0 aromatic carbocycles. The van der Waals surface area contributed by atoms with Crippen molar-refractivity contribution in [2.24, 2.45) is 0 Å². The molecule has 8 nitrogen and oxygen atoms in total. The van der Waals surface area contributed by atoms with E-state index in [2.05, 4.69) is 25.2 Å². The van der Waals surface area contributed by atoms with Crippen molar-refractivity contribution in [1.29, 1.82) is 0 Å². The molecule has 0 aliphatic carbocycles. The van der Waals surface area contributed by atoms with E-state index >= 15 is 0 Å². The minimum Gasteiger partial charge on any atom is -0.459 e. The Hall–Kier alpha value is -2.87. The third kappa shape index (κ3) is 3.66. The Morgan fingerprint density at radius 2 is 2.26 bits per heavy atom. The number of amides is 1. The summed E-state index contributed by atoms with van der Waals surface area (Å²) < 4.78 is 12.5. The molecular formula is C19H23N5O3. The highest BCUT2D eigenvalue weighted by Crippen LogP contribution is 2.25. The number of nitrogens with zero attached hydrogens (tertiary/aromatic N) is 4. The molecule has 27 heavy (non-hydrogen) atoms. The van der Waals surface area contributed by atoms with Crippen LogP contribution in [0, 0.1) is 13.8 Å². The molecule has 1 N–H and O–H groups in total. The summed E-state index contributed by atoms with van der Waals surface area (Å²) in [5, 5.41) is 11.4. The molecular weight excluding hydrogens is 346 g/mol. The van der Waals surface area contributed by atoms with E-state index in [0.29, 0.717) is 12.3 Å². The lowest BCUT2D eigenvalue weighted by atomic mass is 10.1. The number of furan rings is 1. The van der Waals surface area contributed by atoms with Crippen LogP contribution in [0.15, 0.2) is 39.6 Å². The van der Waals surface area contributed by atoms with Gasteiger partial charge in [-0.05, 0) is 38.5 Å². The average Bonchev–Trinajstić information content (AvgIpc) is 3.39. The van der Waals surface area contributed by atoms with Crippen LogP contribution in [0.2, 0.25) is 0 Å². The lowest BCUT2D eigenvalue weighted by Crippen LogP contribution is -2.39. The van der Waals surface area contributed by atoms with E-state index in [0.717, 1.165) is 43.1 Å². The molecule has 0 saturated carbocycles. The Labute approximate surface area is 157 Å². The summed E-state index contributed by atoms with van der Waals surface area (Å²) in [5.41, 5.74) is 3.26. The molecule has 1 atom stereocenters. The van der Waals surface area contributed by atoms with Crippen LogP contribution in [-0.4, -0.2) is 38.8 Å². The van der Waals surface area contributed by atoms with Crippen LogP contribution in [0.25, 0.3) is 0 Å². The highest BCUT2D eigenvalue weighted by atomic mass is 16.5. The van der Waals surface area contributed by atoms with Crippen molar-refractivity contribution in [3.05, 3.63) is 59.1 Å². The van der Waals surface area contributed by atoms with Crippen molar-refractivity contribution in [2.45, 2.75) is 39.4 Å². The van der Waals surface area contributed by atoms with E-state index in [4.69, 9.17) is 8.94 Å². The number of aryl methyl sites for hydroxylation is 2. The number of carbonyl (C=O) groups excluding carboxylic acids is 1. The number of carbonyl (C=O) groups is 1. The zero-order chi connectivity index (χ0) is 18.8. The Morgan fingerprint density at radius 3 is 3.00 bits per heavy atom. The zero-order valence-electron chi connectivity index (χ0n) is 15.5. The number of rotatable bonds is 6. The van der Waals surface area contributed by atoms with Crippen molar-refractivity contribution in [1.82, 2.24) is 25.2 Å². The Morgan fingerprint density at radius 1 is 1.37 bits per heavy atom. The largest absolute Gasteiger partial charge is 0.459 e. The predicted molar refractivity (Wildman–Crippen MR) is 97.0 cm³/mol. The van der Waals surface area contributed by atoms with Crippen molar-refractivity contribution in [3.8, 4) is 0 Å². The molecule has 3 aromatic heterocycles. The zero-order valence-corrected chi connectivity index (χ0v) is 15.5. The highest BCUT2D eigenvalue weighted by molar-refractivity contribution is 5.91. The normalized spacial score (nSPS) is 17.0. The monoisotopic (exact) mass is 369 g/mol. The van der Waals surface area contributed by atoms with Gasteiger partial charge in [-0.2, -0.15) is 5.10 Å². The van der Waals surface area contributed by atoms with Gasteiger partial charge in [0, 0.05) is 37.9 Å². The number of hydrogen-bond acceptors (Lipinski definition) is 6. The number of nitrogens with one attached hydrogen (secondary N) is 1. The second-order valence-corrected chi connectivity index (χ2v) is 6.92. The fourth-order valence-corrected chi connectivity index (χ4v) is 3.60. The summed E-state index contributed by atoms with van der Waals surface area (Å²) in [5.74, 6) is 1.01. The third-order valence-corrected chi connectivity index (χ3v) is 5.02. The first kappa shape index (κ1) is 17.5. The summed E-state index contributed by atoms with van der Waals surface area (Å²) >= 11 is 0. The lowest BCUT2D eigenvalue weighted by molar-refractivity contribution is 0.0919. The standard InChI is InChI=1S/C19H23N5O3/c1-13-17(14(2)27-22-13)12-23-10-15(24-16(11-23)6-8-21-24)5-7-20-19(25)18-4-3-9-26-18/h3-4,6,8-9,15H,5,7,10-12H2,1-2H3,(H,20,25). The minimum absolute atomic E-state index is 0.191. The van der Waals surface area contributed by atoms with Gasteiger partial charge in [-0.25, -0.2) is 0 Å². The second-order valence-electron chi connectivity index (χ2n) is 6.92. The van der Waals surface area contributed by atoms with E-state index in [1.807, 2.05) is 26.1 Å². The molecule has 4 rings (SSSR count). The molecule has 0 radical (unpaired) electrons. The van der Waals surface area contributed by atoms with E-state index in [-0.39, 0.29) is 11.9 Å². The molecule has 3 aromatic rings. The maximum atomic E-state index is 12.0. The maximum Gasteiger partial charge on any atom is 0.286 e. The van der Waals surface area contributed by atoms with Crippen LogP contribution in [-0.2, 0) is 13.1 Å². The fourth-order valence-electron chi connectivity index (χ4n) is 3.60. The van der Waals surface area contributed by atoms with Crippen LogP contribution in [0.3, 0.4) is 0 Å². The van der Waals surface area contributed by atoms with Gasteiger partial charge < -0.3 is 14.3 Å². The average molecular weight is 369 g/mol. The third-order valence-electron chi connectivity index (χ3n) is 5.02. The van der Waals surface area contributed by atoms with Crippen molar-refractivity contribution in [2.75, 3.05) is 13.1 Å². The number of aromatic nitrogens is 3. The first-order valence-corrected chi connectivity index (χ1v) is 9.10. The fraction of sp³-hybridized carbons (Fsp3) is 0.421. The molecule has 0 fully saturated rings. The predicted octanol–water partition coefficient (Wildman–Crippen LogP) is 2.46. The van der Waals surface area contributed by atoms with Crippen molar-refractivity contribution < 1.29 is 13.7 Å². The van der Waals surface area contributed by atoms with Gasteiger partial charge in [0.1, 0.15) is 5.76 Å². The van der Waals surface area contributed by atoms with Crippen molar-refractivity contribution in [3.63, 3.8) is 0 Å². The highest BCUT2D eigenvalue weighted by Gasteiger charge is 2.27. The van der Waals surface area contributed by atoms with E-state index in [1.165, 1.54) is 12.0 Å². The Kier molecular flexibility index (Phi) is 4.81. The number of fused-ring (bicyclic) bond motifs is 1. The first-order chi connectivity index (χ1) is 13.1. The topological polar surface area (TPSA) is 89.3 Å². The van der Waals surface area contributed by atoms with Gasteiger partial charge in [-0.15, -0.1) is 0 Å². The summed E-state index contributed by atoms with van der Waals surface area (Å²) in [6.45, 7) is 6.96. The van der Waals surface area contributed by atoms with Crippen LogP contribution in [0.4, 0.5) is 0 Å². The lowest BCUT2D eigenvalue weighted by Gasteiger charge is -2.34. The molecule has 1 amide bonds. The van der Waals surface area contributed by atoms with Crippen molar-refractivity contribution >= 4 is 5.91 Å². The summed E-state index contributed by atoms with van der Waals surface area (Å²) in [4.78, 5) is 14.4. The van der Waals surface area contributed by atoms with Gasteiger partial charge >= 0.3 is 0 Å². The molecule has 0 saturated heterocycles. The molecule has 4 heterocycles. The minimum atomic E-state index is -0.191. The van der Waals surface area contributed by atoms with Crippen LogP contribution in [0.5, 0.6) is 0 Å². The summed E-state index contributed by atoms with van der Waals surface area (Å²) in [6.07, 6.45) is 4.13. The quantitative estimate of drug-likeness (QED) is 0.718. The second kappa shape index (κ2) is 7.40. The van der Waals surface area contributed by atoms with Gasteiger partial charge in [0.2, 0.25) is 0 Å². The molecule has 1 aliphatic heterocycles. The first-order valence-electron chi connectivity index (χ1n) is 9.10. The van der Waals surface area contributed by atoms with Gasteiger partial charge in [0.05, 0.1) is 23.7 Å². The molecule has 0 bridgehead atoms. The van der Waals surface area contributed by atoms with E-state index in [9.17, 15) is 4.79 Å². The molecule has 0 spiro atoms. The molecule has 1 aliphatic rings. The van der Waals surface area contributed by atoms with Gasteiger partial charge in [0.15, 0.2) is 5.76 Å². The van der Waals surface area contributed by atoms with Gasteiger partial charge in [-0.3, -0.25) is 14.4 Å². The van der Waals surface area contributed by atoms with Gasteiger partial charge in [-0.1, -0.05) is 5.16 Å². The number of hydrogen-bond donors (Lipinski definition) is 1. The van der Waals surface area contributed by atoms with Crippen LogP contribution >= 0.6 is 0 Å². The molecule has 8 heteroatoms. The van der Waals surface area contributed by atoms with E-state index < -0.39 is 0 Å². The Balaban J connectivity index is 1.40.